The summed E-state index contributed by atoms with van der Waals surface area (Å²) in [5, 5.41) is 39.2. The molecule has 38 heavy (non-hydrogen) atoms. The zero-order chi connectivity index (χ0) is 27.3. The Morgan fingerprint density at radius 2 is 2.08 bits per heavy atom. The molecule has 1 aliphatic rings. The van der Waals surface area contributed by atoms with E-state index in [9.17, 15) is 23.7 Å². The number of alkyl halides is 3. The molecule has 0 unspecified atom stereocenters. The predicted molar refractivity (Wildman–Crippen MR) is 125 cm³/mol. The summed E-state index contributed by atoms with van der Waals surface area (Å²) in [5.41, 5.74) is 3.57. The molecule has 0 bridgehead atoms. The Kier molecular flexibility index (Phi) is 7.48. The van der Waals surface area contributed by atoms with Crippen LogP contribution in [0, 0.1) is 28.6 Å². The Morgan fingerprint density at radius 3 is 2.79 bits per heavy atom. The van der Waals surface area contributed by atoms with E-state index < -0.39 is 12.1 Å². The van der Waals surface area contributed by atoms with Gasteiger partial charge in [0.2, 0.25) is 0 Å². The van der Waals surface area contributed by atoms with Crippen LogP contribution in [0.1, 0.15) is 24.6 Å². The first-order valence-electron chi connectivity index (χ1n) is 11.2. The summed E-state index contributed by atoms with van der Waals surface area (Å²) in [6.45, 7) is 1.51. The van der Waals surface area contributed by atoms with Crippen LogP contribution in [-0.2, 0) is 4.79 Å². The number of hydrogen-bond acceptors (Lipinski definition) is 9. The average molecular weight is 524 g/mol. The fraction of sp³-hybridized carbons (Fsp3) is 0.304. The Hall–Kier alpha value is -5.05. The maximum atomic E-state index is 10.6. The number of anilines is 1. The third kappa shape index (κ3) is 5.52. The highest BCUT2D eigenvalue weighted by Gasteiger charge is 2.38. The SMILES string of the molecule is N#CC[C@@H]([C@H]1CCN(c2ccnnc2C#N)C1)n1cc(-c2ncnc3[nH]ccc23)cn1.O=C(O)C(F)(F)F. The Bertz CT molecular complexity index is 1520. The number of carboxylic acid groups (broad SMARTS) is 1. The number of fused-ring (bicyclic) bond motifs is 1. The first-order chi connectivity index (χ1) is 18.2. The zero-order valence-corrected chi connectivity index (χ0v) is 19.5. The van der Waals surface area contributed by atoms with Crippen LogP contribution >= 0.6 is 0 Å². The van der Waals surface area contributed by atoms with Crippen LogP contribution in [0.2, 0.25) is 0 Å². The molecule has 5 heterocycles. The summed E-state index contributed by atoms with van der Waals surface area (Å²) in [4.78, 5) is 22.8. The maximum absolute atomic E-state index is 10.6. The van der Waals surface area contributed by atoms with Crippen molar-refractivity contribution in [3.05, 3.63) is 48.9 Å². The van der Waals surface area contributed by atoms with Gasteiger partial charge in [-0.1, -0.05) is 0 Å². The van der Waals surface area contributed by atoms with Crippen molar-refractivity contribution in [1.29, 1.82) is 10.5 Å². The summed E-state index contributed by atoms with van der Waals surface area (Å²) in [6, 6.07) is 8.10. The van der Waals surface area contributed by atoms with E-state index in [1.54, 1.807) is 12.4 Å². The molecule has 2 N–H and O–H groups in total. The molecule has 0 saturated carbocycles. The van der Waals surface area contributed by atoms with E-state index in [1.807, 2.05) is 29.2 Å². The van der Waals surface area contributed by atoms with Gasteiger partial charge in [-0.15, -0.1) is 5.10 Å². The van der Waals surface area contributed by atoms with E-state index >= 15 is 0 Å². The van der Waals surface area contributed by atoms with Crippen LogP contribution in [0.3, 0.4) is 0 Å². The van der Waals surface area contributed by atoms with Crippen LogP contribution in [0.15, 0.2) is 43.2 Å². The van der Waals surface area contributed by atoms with Crippen LogP contribution in [-0.4, -0.2) is 65.3 Å². The van der Waals surface area contributed by atoms with Crippen molar-refractivity contribution in [2.75, 3.05) is 18.0 Å². The van der Waals surface area contributed by atoms with Crippen LogP contribution < -0.4 is 4.90 Å². The number of rotatable bonds is 5. The minimum Gasteiger partial charge on any atom is -0.475 e. The summed E-state index contributed by atoms with van der Waals surface area (Å²) >= 11 is 0. The van der Waals surface area contributed by atoms with Gasteiger partial charge < -0.3 is 15.0 Å². The molecular formula is C23H19F3N10O2. The van der Waals surface area contributed by atoms with Crippen LogP contribution in [0.4, 0.5) is 18.9 Å². The standard InChI is InChI=1S/C21H18N10.C2HF3O2/c22-5-1-18(14-4-8-30(11-14)19-3-7-27-29-17(19)9-23)31-12-15(10-28-31)20-16-2-6-24-21(16)26-13-25-20;3-2(4,5)1(6)7/h2-3,6-7,10,12-14,18H,1,4,8,11H2,(H,24,25,26);(H,6,7)/t14-,18-;/m0./s1. The second-order valence-corrected chi connectivity index (χ2v) is 8.28. The molecule has 0 radical (unpaired) electrons. The molecule has 0 spiro atoms. The normalized spacial score (nSPS) is 15.8. The summed E-state index contributed by atoms with van der Waals surface area (Å²) in [6.07, 6.45) is 4.86. The number of carboxylic acids is 1. The third-order valence-corrected chi connectivity index (χ3v) is 6.03. The minimum absolute atomic E-state index is 0.0763. The van der Waals surface area contributed by atoms with E-state index in [1.165, 1.54) is 6.33 Å². The van der Waals surface area contributed by atoms with Gasteiger partial charge in [-0.3, -0.25) is 4.68 Å². The fourth-order valence-corrected chi connectivity index (χ4v) is 4.29. The summed E-state index contributed by atoms with van der Waals surface area (Å²) in [5.74, 6) is -2.54. The van der Waals surface area contributed by atoms with E-state index in [4.69, 9.17) is 9.90 Å². The van der Waals surface area contributed by atoms with Crippen LogP contribution in [0.5, 0.6) is 0 Å². The number of aliphatic carboxylic acids is 1. The quantitative estimate of drug-likeness (QED) is 0.395. The Labute approximate surface area is 213 Å². The first-order valence-corrected chi connectivity index (χ1v) is 11.2. The second-order valence-electron chi connectivity index (χ2n) is 8.28. The monoisotopic (exact) mass is 524 g/mol. The van der Waals surface area contributed by atoms with Gasteiger partial charge in [-0.05, 0) is 18.6 Å². The topological polar surface area (TPSA) is 173 Å². The molecule has 194 valence electrons. The predicted octanol–water partition coefficient (Wildman–Crippen LogP) is 3.10. The van der Waals surface area contributed by atoms with Crippen molar-refractivity contribution in [3.63, 3.8) is 0 Å². The lowest BCUT2D eigenvalue weighted by atomic mass is 9.96. The number of aromatic nitrogens is 7. The number of carbonyl (C=O) groups is 1. The van der Waals surface area contributed by atoms with Crippen molar-refractivity contribution >= 4 is 22.7 Å². The number of nitrogens with zero attached hydrogens (tertiary/aromatic N) is 9. The largest absolute Gasteiger partial charge is 0.490 e. The highest BCUT2D eigenvalue weighted by atomic mass is 19.4. The third-order valence-electron chi connectivity index (χ3n) is 6.03. The number of aromatic amines is 1. The lowest BCUT2D eigenvalue weighted by Crippen LogP contribution is -2.25. The average Bonchev–Trinajstić information content (AvgIpc) is 3.68. The lowest BCUT2D eigenvalue weighted by molar-refractivity contribution is -0.192. The molecule has 0 aliphatic carbocycles. The van der Waals surface area contributed by atoms with Crippen molar-refractivity contribution in [2.24, 2.45) is 5.92 Å². The number of nitriles is 2. The minimum atomic E-state index is -5.08. The molecule has 5 rings (SSSR count). The Morgan fingerprint density at radius 1 is 1.29 bits per heavy atom. The molecule has 4 aromatic heterocycles. The zero-order valence-electron chi connectivity index (χ0n) is 19.5. The number of hydrogen-bond donors (Lipinski definition) is 2. The highest BCUT2D eigenvalue weighted by Crippen LogP contribution is 2.34. The molecule has 4 aromatic rings. The number of halogens is 3. The van der Waals surface area contributed by atoms with Gasteiger partial charge in [-0.2, -0.15) is 33.9 Å². The molecule has 0 aromatic carbocycles. The molecular weight excluding hydrogens is 505 g/mol. The molecule has 1 saturated heterocycles. The second kappa shape index (κ2) is 10.9. The van der Waals surface area contributed by atoms with Crippen molar-refractivity contribution in [3.8, 4) is 23.4 Å². The van der Waals surface area contributed by atoms with Crippen LogP contribution in [0.25, 0.3) is 22.3 Å². The van der Waals surface area contributed by atoms with E-state index in [0.717, 1.165) is 47.5 Å². The van der Waals surface area contributed by atoms with Gasteiger partial charge in [0.05, 0.1) is 42.3 Å². The smallest absolute Gasteiger partial charge is 0.475 e. The molecule has 1 aliphatic heterocycles. The van der Waals surface area contributed by atoms with Gasteiger partial charge in [0, 0.05) is 42.4 Å². The first kappa shape index (κ1) is 26.0. The van der Waals surface area contributed by atoms with Gasteiger partial charge in [0.15, 0.2) is 5.69 Å². The van der Waals surface area contributed by atoms with E-state index in [2.05, 4.69) is 47.3 Å². The van der Waals surface area contributed by atoms with Crippen molar-refractivity contribution in [2.45, 2.75) is 25.1 Å². The molecule has 0 amide bonds. The molecule has 2 atom stereocenters. The molecule has 1 fully saturated rings. The van der Waals surface area contributed by atoms with Crippen molar-refractivity contribution in [1.82, 2.24) is 34.9 Å². The lowest BCUT2D eigenvalue weighted by Gasteiger charge is -2.23. The van der Waals surface area contributed by atoms with E-state index in [0.29, 0.717) is 12.1 Å². The summed E-state index contributed by atoms with van der Waals surface area (Å²) < 4.78 is 33.6. The molecule has 12 nitrogen and oxygen atoms in total. The molecule has 15 heteroatoms. The van der Waals surface area contributed by atoms with Gasteiger partial charge >= 0.3 is 12.1 Å². The highest BCUT2D eigenvalue weighted by molar-refractivity contribution is 5.90. The fourth-order valence-electron chi connectivity index (χ4n) is 4.29. The van der Waals surface area contributed by atoms with Gasteiger partial charge in [-0.25, -0.2) is 14.8 Å². The van der Waals surface area contributed by atoms with E-state index in [-0.39, 0.29) is 12.0 Å². The van der Waals surface area contributed by atoms with Gasteiger partial charge in [0.25, 0.3) is 0 Å². The van der Waals surface area contributed by atoms with Gasteiger partial charge in [0.1, 0.15) is 18.0 Å². The Balaban J connectivity index is 0.000000426. The summed E-state index contributed by atoms with van der Waals surface area (Å²) in [7, 11) is 0. The van der Waals surface area contributed by atoms with Crippen molar-refractivity contribution < 1.29 is 23.1 Å². The maximum Gasteiger partial charge on any atom is 0.490 e. The number of nitrogens with one attached hydrogen (secondary N) is 1. The number of H-pyrrole nitrogens is 1.